The van der Waals surface area contributed by atoms with Crippen molar-refractivity contribution in [2.45, 2.75) is 26.7 Å². The molecular formula is C21H26FN3O2. The van der Waals surface area contributed by atoms with Gasteiger partial charge in [0.05, 0.1) is 5.69 Å². The second-order valence-electron chi connectivity index (χ2n) is 6.51. The molecule has 0 bridgehead atoms. The highest BCUT2D eigenvalue weighted by atomic mass is 19.1. The minimum Gasteiger partial charge on any atom is -0.490 e. The highest BCUT2D eigenvalue weighted by Crippen LogP contribution is 2.27. The van der Waals surface area contributed by atoms with E-state index in [1.54, 1.807) is 12.1 Å². The number of aromatic nitrogens is 2. The van der Waals surface area contributed by atoms with Crippen LogP contribution in [-0.4, -0.2) is 36.2 Å². The van der Waals surface area contributed by atoms with Gasteiger partial charge >= 0.3 is 0 Å². The van der Waals surface area contributed by atoms with Crippen LogP contribution in [-0.2, 0) is 0 Å². The molecule has 3 aromatic rings. The zero-order valence-corrected chi connectivity index (χ0v) is 16.1. The molecule has 0 atom stereocenters. The van der Waals surface area contributed by atoms with Crippen LogP contribution in [0.3, 0.4) is 0 Å². The first-order valence-corrected chi connectivity index (χ1v) is 9.30. The average molecular weight is 371 g/mol. The summed E-state index contributed by atoms with van der Waals surface area (Å²) in [5, 5.41) is 0. The van der Waals surface area contributed by atoms with Gasteiger partial charge < -0.3 is 14.4 Å². The monoisotopic (exact) mass is 371 g/mol. The molecule has 0 N–H and O–H groups in total. The highest BCUT2D eigenvalue weighted by Gasteiger charge is 2.15. The molecular weight excluding hydrogens is 345 g/mol. The lowest BCUT2D eigenvalue weighted by atomic mass is 10.3. The van der Waals surface area contributed by atoms with Crippen LogP contribution in [0.25, 0.3) is 5.65 Å². The predicted molar refractivity (Wildman–Crippen MR) is 105 cm³/mol. The standard InChI is InChI=1S/C21H26FN3O2/c1-4-5-12-24(3)21-16(2)23-20-19(7-6-13-25(20)21)27-15-14-26-18-10-8-17(22)9-11-18/h6-11,13H,4-5,12,14-15H2,1-3H3. The molecule has 3 rings (SSSR count). The van der Waals surface area contributed by atoms with Crippen molar-refractivity contribution in [2.75, 3.05) is 31.7 Å². The first-order valence-electron chi connectivity index (χ1n) is 9.30. The van der Waals surface area contributed by atoms with Crippen molar-refractivity contribution in [3.8, 4) is 11.5 Å². The Labute approximate surface area is 159 Å². The van der Waals surface area contributed by atoms with E-state index in [0.717, 1.165) is 42.3 Å². The molecule has 6 heteroatoms. The van der Waals surface area contributed by atoms with Crippen LogP contribution in [0.1, 0.15) is 25.5 Å². The summed E-state index contributed by atoms with van der Waals surface area (Å²) in [5.41, 5.74) is 1.78. The normalized spacial score (nSPS) is 11.0. The van der Waals surface area contributed by atoms with E-state index in [0.29, 0.717) is 19.0 Å². The number of hydrogen-bond acceptors (Lipinski definition) is 4. The number of unbranched alkanes of at least 4 members (excludes halogenated alkanes) is 1. The Kier molecular flexibility index (Phi) is 6.16. The van der Waals surface area contributed by atoms with Crippen molar-refractivity contribution in [3.05, 3.63) is 54.1 Å². The lowest BCUT2D eigenvalue weighted by molar-refractivity contribution is 0.218. The minimum absolute atomic E-state index is 0.278. The minimum atomic E-state index is -0.278. The van der Waals surface area contributed by atoms with Crippen molar-refractivity contribution in [2.24, 2.45) is 0 Å². The van der Waals surface area contributed by atoms with Crippen molar-refractivity contribution in [1.29, 1.82) is 0 Å². The van der Waals surface area contributed by atoms with Gasteiger partial charge in [0.2, 0.25) is 0 Å². The topological polar surface area (TPSA) is 39.0 Å². The Balaban J connectivity index is 1.67. The van der Waals surface area contributed by atoms with Crippen LogP contribution in [0, 0.1) is 12.7 Å². The molecule has 144 valence electrons. The third-order valence-electron chi connectivity index (χ3n) is 4.39. The van der Waals surface area contributed by atoms with Gasteiger partial charge in [-0.2, -0.15) is 0 Å². The molecule has 2 heterocycles. The number of imidazole rings is 1. The van der Waals surface area contributed by atoms with Crippen LogP contribution in [0.5, 0.6) is 11.5 Å². The molecule has 0 radical (unpaired) electrons. The lowest BCUT2D eigenvalue weighted by Crippen LogP contribution is -2.20. The summed E-state index contributed by atoms with van der Waals surface area (Å²) >= 11 is 0. The second kappa shape index (κ2) is 8.75. The quantitative estimate of drug-likeness (QED) is 0.520. The van der Waals surface area contributed by atoms with Gasteiger partial charge in [-0.25, -0.2) is 9.37 Å². The number of ether oxygens (including phenoxy) is 2. The van der Waals surface area contributed by atoms with Crippen LogP contribution in [0.2, 0.25) is 0 Å². The maximum absolute atomic E-state index is 12.9. The number of benzene rings is 1. The molecule has 0 unspecified atom stereocenters. The van der Waals surface area contributed by atoms with E-state index >= 15 is 0 Å². The molecule has 0 saturated heterocycles. The number of pyridine rings is 1. The molecule has 0 spiro atoms. The van der Waals surface area contributed by atoms with Gasteiger partial charge in [0.15, 0.2) is 11.4 Å². The summed E-state index contributed by atoms with van der Waals surface area (Å²) in [6, 6.07) is 9.83. The Bertz CT molecular complexity index is 877. The van der Waals surface area contributed by atoms with E-state index in [1.807, 2.05) is 25.3 Å². The van der Waals surface area contributed by atoms with Crippen molar-refractivity contribution < 1.29 is 13.9 Å². The molecule has 27 heavy (non-hydrogen) atoms. The van der Waals surface area contributed by atoms with Crippen molar-refractivity contribution in [3.63, 3.8) is 0 Å². The summed E-state index contributed by atoms with van der Waals surface area (Å²) in [6.45, 7) is 5.95. The molecule has 0 saturated carbocycles. The Hall–Kier alpha value is -2.76. The summed E-state index contributed by atoms with van der Waals surface area (Å²) < 4.78 is 26.5. The number of anilines is 1. The van der Waals surface area contributed by atoms with Crippen LogP contribution < -0.4 is 14.4 Å². The highest BCUT2D eigenvalue weighted by molar-refractivity contribution is 5.63. The first kappa shape index (κ1) is 19.0. The van der Waals surface area contributed by atoms with Crippen LogP contribution in [0.15, 0.2) is 42.6 Å². The largest absolute Gasteiger partial charge is 0.490 e. The molecule has 0 aliphatic carbocycles. The smallest absolute Gasteiger partial charge is 0.181 e. The fourth-order valence-corrected chi connectivity index (χ4v) is 3.06. The van der Waals surface area contributed by atoms with Gasteiger partial charge in [0.1, 0.15) is 30.6 Å². The molecule has 2 aromatic heterocycles. The molecule has 0 fully saturated rings. The summed E-state index contributed by atoms with van der Waals surface area (Å²) in [7, 11) is 2.09. The maximum Gasteiger partial charge on any atom is 0.181 e. The number of nitrogens with zero attached hydrogens (tertiary/aromatic N) is 3. The number of hydrogen-bond donors (Lipinski definition) is 0. The van der Waals surface area contributed by atoms with E-state index in [9.17, 15) is 4.39 Å². The predicted octanol–water partition coefficient (Wildman–Crippen LogP) is 4.48. The van der Waals surface area contributed by atoms with E-state index in [2.05, 4.69) is 23.3 Å². The third-order valence-corrected chi connectivity index (χ3v) is 4.39. The molecule has 0 aliphatic heterocycles. The zero-order valence-electron chi connectivity index (χ0n) is 16.1. The fourth-order valence-electron chi connectivity index (χ4n) is 3.06. The summed E-state index contributed by atoms with van der Waals surface area (Å²) in [5.74, 6) is 2.15. The molecule has 0 amide bonds. The van der Waals surface area contributed by atoms with Crippen molar-refractivity contribution >= 4 is 11.5 Å². The average Bonchev–Trinajstić information content (AvgIpc) is 3.01. The van der Waals surface area contributed by atoms with Gasteiger partial charge in [0.25, 0.3) is 0 Å². The SMILES string of the molecule is CCCCN(C)c1c(C)nc2c(OCCOc3ccc(F)cc3)cccn12. The first-order chi connectivity index (χ1) is 13.1. The van der Waals surface area contributed by atoms with E-state index in [-0.39, 0.29) is 5.82 Å². The third kappa shape index (κ3) is 4.51. The van der Waals surface area contributed by atoms with Crippen LogP contribution >= 0.6 is 0 Å². The Morgan fingerprint density at radius 1 is 1.11 bits per heavy atom. The zero-order chi connectivity index (χ0) is 19.2. The summed E-state index contributed by atoms with van der Waals surface area (Å²) in [4.78, 5) is 6.94. The number of halogens is 1. The number of rotatable bonds is 9. The van der Waals surface area contributed by atoms with Gasteiger partial charge in [0, 0.05) is 19.8 Å². The fraction of sp³-hybridized carbons (Fsp3) is 0.381. The van der Waals surface area contributed by atoms with Crippen LogP contribution in [0.4, 0.5) is 10.2 Å². The van der Waals surface area contributed by atoms with Crippen molar-refractivity contribution in [1.82, 2.24) is 9.38 Å². The maximum atomic E-state index is 12.9. The number of aryl methyl sites for hydroxylation is 1. The molecule has 1 aromatic carbocycles. The Morgan fingerprint density at radius 3 is 2.59 bits per heavy atom. The van der Waals surface area contributed by atoms with Gasteiger partial charge in [-0.05, 0) is 49.7 Å². The molecule has 0 aliphatic rings. The second-order valence-corrected chi connectivity index (χ2v) is 6.51. The Morgan fingerprint density at radius 2 is 1.85 bits per heavy atom. The van der Waals surface area contributed by atoms with Gasteiger partial charge in [-0.1, -0.05) is 13.3 Å². The molecule has 5 nitrogen and oxygen atoms in total. The van der Waals surface area contributed by atoms with E-state index in [1.165, 1.54) is 12.1 Å². The van der Waals surface area contributed by atoms with E-state index in [4.69, 9.17) is 14.5 Å². The van der Waals surface area contributed by atoms with Gasteiger partial charge in [-0.3, -0.25) is 4.40 Å². The lowest BCUT2D eigenvalue weighted by Gasteiger charge is -2.19. The summed E-state index contributed by atoms with van der Waals surface area (Å²) in [6.07, 6.45) is 4.30. The number of fused-ring (bicyclic) bond motifs is 1. The van der Waals surface area contributed by atoms with Gasteiger partial charge in [-0.15, -0.1) is 0 Å². The van der Waals surface area contributed by atoms with E-state index < -0.39 is 0 Å².